The van der Waals surface area contributed by atoms with Gasteiger partial charge < -0.3 is 14.2 Å². The van der Waals surface area contributed by atoms with Gasteiger partial charge in [-0.3, -0.25) is 14.5 Å². The van der Waals surface area contributed by atoms with E-state index in [9.17, 15) is 22.8 Å². The van der Waals surface area contributed by atoms with Gasteiger partial charge in [0.1, 0.15) is 5.75 Å². The van der Waals surface area contributed by atoms with Crippen molar-refractivity contribution in [3.8, 4) is 5.75 Å². The van der Waals surface area contributed by atoms with Crippen molar-refractivity contribution >= 4 is 11.7 Å². The zero-order valence-corrected chi connectivity index (χ0v) is 20.0. The molecule has 188 valence electrons. The molecule has 3 aliphatic rings. The van der Waals surface area contributed by atoms with Gasteiger partial charge in [-0.2, -0.15) is 13.2 Å². The summed E-state index contributed by atoms with van der Waals surface area (Å²) in [5.74, 6) is -0.410. The molecule has 1 aliphatic carbocycles. The van der Waals surface area contributed by atoms with Crippen LogP contribution in [0.15, 0.2) is 30.3 Å². The lowest BCUT2D eigenvalue weighted by Crippen LogP contribution is -2.56. The summed E-state index contributed by atoms with van der Waals surface area (Å²) in [5, 5.41) is 0. The highest BCUT2D eigenvalue weighted by Crippen LogP contribution is 2.42. The number of hydrogen-bond donors (Lipinski definition) is 0. The summed E-state index contributed by atoms with van der Waals surface area (Å²) in [7, 11) is 1.96. The van der Waals surface area contributed by atoms with Crippen molar-refractivity contribution in [3.05, 3.63) is 52.8 Å². The molecule has 0 radical (unpaired) electrons. The van der Waals surface area contributed by atoms with Crippen LogP contribution in [0, 0.1) is 12.8 Å². The van der Waals surface area contributed by atoms with E-state index in [4.69, 9.17) is 4.74 Å². The summed E-state index contributed by atoms with van der Waals surface area (Å²) < 4.78 is 46.7. The number of carbonyl (C=O) groups excluding carboxylic acids is 2. The molecule has 2 aromatic rings. The quantitative estimate of drug-likeness (QED) is 0.584. The van der Waals surface area contributed by atoms with E-state index in [1.165, 1.54) is 23.5 Å². The Balaban J connectivity index is 1.31. The maximum atomic E-state index is 13.2. The minimum Gasteiger partial charge on any atom is -0.493 e. The van der Waals surface area contributed by atoms with Crippen molar-refractivity contribution in [2.24, 2.45) is 5.92 Å². The largest absolute Gasteiger partial charge is 0.493 e. The number of fused-ring (bicyclic) bond motifs is 2. The predicted octanol–water partition coefficient (Wildman–Crippen LogP) is 4.41. The maximum absolute atomic E-state index is 13.2. The molecule has 5 rings (SSSR count). The van der Waals surface area contributed by atoms with Crippen molar-refractivity contribution in [2.45, 2.75) is 50.9 Å². The third-order valence-corrected chi connectivity index (χ3v) is 7.81. The third-order valence-electron chi connectivity index (χ3n) is 7.81. The minimum absolute atomic E-state index is 0.0570. The van der Waals surface area contributed by atoms with Crippen LogP contribution in [-0.2, 0) is 12.1 Å². The van der Waals surface area contributed by atoms with Crippen molar-refractivity contribution in [1.29, 1.82) is 0 Å². The summed E-state index contributed by atoms with van der Waals surface area (Å²) in [6, 6.07) is 8.46. The normalized spacial score (nSPS) is 20.1. The zero-order valence-electron chi connectivity index (χ0n) is 20.0. The number of ketones is 1. The number of benzene rings is 1. The van der Waals surface area contributed by atoms with E-state index in [0.717, 1.165) is 17.0 Å². The van der Waals surface area contributed by atoms with Gasteiger partial charge in [0.25, 0.3) is 11.7 Å². The second-order valence-electron chi connectivity index (χ2n) is 10.1. The Kier molecular flexibility index (Phi) is 5.94. The number of piperidine rings is 1. The number of aryl methyl sites for hydroxylation is 1. The van der Waals surface area contributed by atoms with Crippen LogP contribution in [-0.4, -0.2) is 65.5 Å². The zero-order chi connectivity index (χ0) is 25.0. The van der Waals surface area contributed by atoms with E-state index in [0.29, 0.717) is 57.1 Å². The average Bonchev–Trinajstić information content (AvgIpc) is 3.56. The molecule has 6 nitrogen and oxygen atoms in total. The first-order chi connectivity index (χ1) is 16.6. The Hall–Kier alpha value is -2.81. The van der Waals surface area contributed by atoms with Crippen LogP contribution in [0.4, 0.5) is 13.2 Å². The number of halogens is 3. The second kappa shape index (κ2) is 8.69. The van der Waals surface area contributed by atoms with Crippen LogP contribution >= 0.6 is 0 Å². The molecule has 0 unspecified atom stereocenters. The van der Waals surface area contributed by atoms with Gasteiger partial charge in [-0.1, -0.05) is 0 Å². The van der Waals surface area contributed by atoms with E-state index in [-0.39, 0.29) is 11.6 Å². The molecule has 1 aromatic carbocycles. The number of hydrogen-bond acceptors (Lipinski definition) is 4. The van der Waals surface area contributed by atoms with Crippen LogP contribution in [0.1, 0.15) is 57.8 Å². The van der Waals surface area contributed by atoms with E-state index >= 15 is 0 Å². The Morgan fingerprint density at radius 2 is 1.77 bits per heavy atom. The number of nitrogens with zero attached hydrogens (tertiary/aromatic N) is 3. The number of ether oxygens (including phenoxy) is 1. The number of amides is 1. The molecule has 2 aliphatic heterocycles. The van der Waals surface area contributed by atoms with E-state index in [2.05, 4.69) is 4.90 Å². The second-order valence-corrected chi connectivity index (χ2v) is 10.1. The number of likely N-dealkylation sites (tertiary alicyclic amines) is 1. The molecular weight excluding hydrogens is 459 g/mol. The number of Topliss-reactive ketones (excluding diaryl/α,β-unsaturated/α-hetero) is 1. The Bertz CT molecular complexity index is 1140. The van der Waals surface area contributed by atoms with E-state index < -0.39 is 17.5 Å². The lowest BCUT2D eigenvalue weighted by molar-refractivity contribution is -0.0892. The van der Waals surface area contributed by atoms with E-state index in [1.54, 1.807) is 12.1 Å². The molecule has 3 heterocycles. The minimum atomic E-state index is -4.90. The molecule has 0 atom stereocenters. The molecule has 2 fully saturated rings. The van der Waals surface area contributed by atoms with Gasteiger partial charge in [-0.15, -0.1) is 0 Å². The van der Waals surface area contributed by atoms with Crippen LogP contribution in [0.2, 0.25) is 0 Å². The Labute approximate surface area is 202 Å². The highest BCUT2D eigenvalue weighted by Gasteiger charge is 2.47. The van der Waals surface area contributed by atoms with Gasteiger partial charge in [0.15, 0.2) is 0 Å². The number of likely N-dealkylation sites (N-methyl/N-ethyl adjacent to an activating group) is 1. The summed E-state index contributed by atoms with van der Waals surface area (Å²) in [4.78, 5) is 29.2. The molecule has 35 heavy (non-hydrogen) atoms. The summed E-state index contributed by atoms with van der Waals surface area (Å²) in [6.07, 6.45) is -1.31. The molecule has 1 spiro atoms. The molecular formula is C26H30F3N3O3. The lowest BCUT2D eigenvalue weighted by atomic mass is 9.81. The average molecular weight is 490 g/mol. The monoisotopic (exact) mass is 489 g/mol. The Morgan fingerprint density at radius 3 is 2.40 bits per heavy atom. The van der Waals surface area contributed by atoms with Gasteiger partial charge in [0, 0.05) is 37.4 Å². The van der Waals surface area contributed by atoms with Crippen molar-refractivity contribution in [3.63, 3.8) is 0 Å². The SMILES string of the molecule is Cc1cc(C(=O)N2CCC3(CC2)c2ccc(C(=O)C(F)(F)F)n2CCN3C)ccc1OCC1CC1. The number of aromatic nitrogens is 1. The van der Waals surface area contributed by atoms with E-state index in [1.807, 2.05) is 31.0 Å². The van der Waals surface area contributed by atoms with Crippen LogP contribution in [0.25, 0.3) is 0 Å². The van der Waals surface area contributed by atoms with Crippen molar-refractivity contribution in [1.82, 2.24) is 14.4 Å². The number of alkyl halides is 3. The smallest absolute Gasteiger partial charge is 0.456 e. The first-order valence-corrected chi connectivity index (χ1v) is 12.2. The standard InChI is InChI=1S/C26H30F3N3O3/c1-17-15-19(5-7-21(17)35-16-18-3-4-18)24(34)31-11-9-25(10-12-31)22-8-6-20(23(33)26(27,28)29)32(22)14-13-30(25)2/h5-8,15,18H,3-4,9-14,16H2,1-2H3. The summed E-state index contributed by atoms with van der Waals surface area (Å²) >= 11 is 0. The topological polar surface area (TPSA) is 54.8 Å². The lowest BCUT2D eigenvalue weighted by Gasteiger charge is -2.50. The van der Waals surface area contributed by atoms with Gasteiger partial charge in [-0.25, -0.2) is 0 Å². The van der Waals surface area contributed by atoms with Gasteiger partial charge >= 0.3 is 6.18 Å². The molecule has 9 heteroatoms. The molecule has 1 amide bonds. The van der Waals surface area contributed by atoms with Gasteiger partial charge in [0.05, 0.1) is 17.8 Å². The van der Waals surface area contributed by atoms with Crippen LogP contribution in [0.5, 0.6) is 5.75 Å². The van der Waals surface area contributed by atoms with Gasteiger partial charge in [0.2, 0.25) is 0 Å². The highest BCUT2D eigenvalue weighted by atomic mass is 19.4. The maximum Gasteiger partial charge on any atom is 0.456 e. The third kappa shape index (κ3) is 4.35. The van der Waals surface area contributed by atoms with Gasteiger partial charge in [-0.05, 0) is 81.5 Å². The fraction of sp³-hybridized carbons (Fsp3) is 0.538. The number of rotatable bonds is 5. The Morgan fingerprint density at radius 1 is 1.06 bits per heavy atom. The highest BCUT2D eigenvalue weighted by molar-refractivity contribution is 5.99. The van der Waals surface area contributed by atoms with Crippen LogP contribution in [0.3, 0.4) is 0 Å². The predicted molar refractivity (Wildman–Crippen MR) is 124 cm³/mol. The molecule has 1 aromatic heterocycles. The first kappa shape index (κ1) is 23.9. The van der Waals surface area contributed by atoms with Crippen molar-refractivity contribution < 1.29 is 27.5 Å². The first-order valence-electron chi connectivity index (χ1n) is 12.2. The van der Waals surface area contributed by atoms with Crippen molar-refractivity contribution in [2.75, 3.05) is 33.3 Å². The molecule has 1 saturated heterocycles. The summed E-state index contributed by atoms with van der Waals surface area (Å²) in [5.41, 5.74) is 1.44. The molecule has 0 N–H and O–H groups in total. The summed E-state index contributed by atoms with van der Waals surface area (Å²) in [6.45, 7) is 4.49. The van der Waals surface area contributed by atoms with Crippen LogP contribution < -0.4 is 4.74 Å². The molecule has 1 saturated carbocycles. The fourth-order valence-electron chi connectivity index (χ4n) is 5.45. The fourth-order valence-corrected chi connectivity index (χ4v) is 5.45. The number of carbonyl (C=O) groups is 2. The molecule has 0 bridgehead atoms.